The van der Waals surface area contributed by atoms with Gasteiger partial charge in [-0.2, -0.15) is 0 Å². The van der Waals surface area contributed by atoms with Crippen molar-refractivity contribution in [3.05, 3.63) is 58.7 Å². The van der Waals surface area contributed by atoms with Crippen LogP contribution < -0.4 is 9.47 Å². The second-order valence-corrected chi connectivity index (χ2v) is 4.23. The van der Waals surface area contributed by atoms with Crippen LogP contribution in [-0.4, -0.2) is 12.8 Å². The molecule has 0 bridgehead atoms. The van der Waals surface area contributed by atoms with Crippen molar-refractivity contribution in [2.75, 3.05) is 6.54 Å². The zero-order chi connectivity index (χ0) is 13.9. The second-order valence-electron chi connectivity index (χ2n) is 4.23. The Hall–Kier alpha value is -2.72. The van der Waals surface area contributed by atoms with Gasteiger partial charge in [-0.1, -0.05) is 35.4 Å². The van der Waals surface area contributed by atoms with Crippen LogP contribution in [0.5, 0.6) is 11.5 Å². The quantitative estimate of drug-likeness (QED) is 0.482. The molecule has 0 N–H and O–H groups in total. The third-order valence-electron chi connectivity index (χ3n) is 2.91. The highest BCUT2D eigenvalue weighted by Crippen LogP contribution is 2.43. The number of benzene rings is 2. The predicted molar refractivity (Wildman–Crippen MR) is 70.9 cm³/mol. The molecule has 5 nitrogen and oxygen atoms in total. The molecule has 0 saturated carbocycles. The normalized spacial score (nSPS) is 15.8. The van der Waals surface area contributed by atoms with Crippen LogP contribution in [-0.2, 0) is 0 Å². The largest absolute Gasteiger partial charge is 0.451 e. The molecule has 0 radical (unpaired) electrons. The lowest BCUT2D eigenvalue weighted by atomic mass is 10.0. The van der Waals surface area contributed by atoms with Gasteiger partial charge in [-0.05, 0) is 17.2 Å². The van der Waals surface area contributed by atoms with Crippen LogP contribution >= 0.6 is 0 Å². The molecule has 0 saturated heterocycles. The lowest BCUT2D eigenvalue weighted by molar-refractivity contribution is 0.0583. The van der Waals surface area contributed by atoms with Crippen LogP contribution in [0.1, 0.15) is 0 Å². The Bertz CT molecular complexity index is 684. The lowest BCUT2D eigenvalue weighted by Crippen LogP contribution is -2.21. The van der Waals surface area contributed by atoms with E-state index in [1.165, 1.54) is 12.1 Å². The van der Waals surface area contributed by atoms with E-state index in [1.54, 1.807) is 0 Å². The molecule has 100 valence electrons. The van der Waals surface area contributed by atoms with Gasteiger partial charge in [0.05, 0.1) is 0 Å². The zero-order valence-electron chi connectivity index (χ0n) is 10.4. The highest BCUT2D eigenvalue weighted by atomic mass is 19.1. The number of nitrogens with zero attached hydrogens (tertiary/aromatic N) is 3. The minimum atomic E-state index is -0.717. The van der Waals surface area contributed by atoms with E-state index in [0.717, 1.165) is 5.56 Å². The maximum absolute atomic E-state index is 13.7. The summed E-state index contributed by atoms with van der Waals surface area (Å²) in [4.78, 5) is 2.65. The van der Waals surface area contributed by atoms with Gasteiger partial charge in [-0.15, -0.1) is 0 Å². The van der Waals surface area contributed by atoms with Crippen LogP contribution in [0.4, 0.5) is 4.39 Å². The monoisotopic (exact) mass is 271 g/mol. The first-order chi connectivity index (χ1) is 9.78. The summed E-state index contributed by atoms with van der Waals surface area (Å²) in [6.07, 6.45) is -0.717. The second kappa shape index (κ2) is 5.11. The lowest BCUT2D eigenvalue weighted by Gasteiger charge is -2.07. The molecule has 0 aromatic heterocycles. The van der Waals surface area contributed by atoms with Gasteiger partial charge in [0.1, 0.15) is 12.4 Å². The van der Waals surface area contributed by atoms with E-state index in [-0.39, 0.29) is 6.54 Å². The van der Waals surface area contributed by atoms with Crippen LogP contribution in [0.2, 0.25) is 0 Å². The van der Waals surface area contributed by atoms with Gasteiger partial charge in [-0.25, -0.2) is 4.39 Å². The van der Waals surface area contributed by atoms with Crippen molar-refractivity contribution in [1.29, 1.82) is 0 Å². The Morgan fingerprint density at radius 1 is 1.20 bits per heavy atom. The van der Waals surface area contributed by atoms with E-state index in [9.17, 15) is 4.39 Å². The van der Waals surface area contributed by atoms with E-state index >= 15 is 0 Å². The molecule has 20 heavy (non-hydrogen) atoms. The Morgan fingerprint density at radius 2 is 2.00 bits per heavy atom. The molecule has 6 heteroatoms. The summed E-state index contributed by atoms with van der Waals surface area (Å²) in [5.74, 6) is 0.383. The van der Waals surface area contributed by atoms with Gasteiger partial charge in [0.15, 0.2) is 11.5 Å². The number of hydrogen-bond donors (Lipinski definition) is 0. The van der Waals surface area contributed by atoms with E-state index in [0.29, 0.717) is 17.1 Å². The van der Waals surface area contributed by atoms with Gasteiger partial charge >= 0.3 is 0 Å². The first-order valence-electron chi connectivity index (χ1n) is 6.01. The van der Waals surface area contributed by atoms with Crippen molar-refractivity contribution in [2.24, 2.45) is 5.11 Å². The standard InChI is InChI=1S/C14H10FN3O2/c15-10-6-11(9-4-2-1-3-5-9)14-12(7-10)19-13(20-14)8-17-18-16/h1-7,13H,8H2. The minimum Gasteiger partial charge on any atom is -0.451 e. The minimum absolute atomic E-state index is 0.0288. The maximum Gasteiger partial charge on any atom is 0.247 e. The average molecular weight is 271 g/mol. The van der Waals surface area contributed by atoms with Crippen LogP contribution in [0, 0.1) is 5.82 Å². The first kappa shape index (κ1) is 12.3. The van der Waals surface area contributed by atoms with Crippen LogP contribution in [0.15, 0.2) is 47.6 Å². The van der Waals surface area contributed by atoms with Crippen molar-refractivity contribution < 1.29 is 13.9 Å². The van der Waals surface area contributed by atoms with Crippen LogP contribution in [0.25, 0.3) is 21.6 Å². The number of rotatable bonds is 3. The summed E-state index contributed by atoms with van der Waals surface area (Å²) in [5.41, 5.74) is 9.75. The summed E-state index contributed by atoms with van der Waals surface area (Å²) in [6, 6.07) is 12.0. The van der Waals surface area contributed by atoms with Gasteiger partial charge in [-0.3, -0.25) is 0 Å². The van der Waals surface area contributed by atoms with Crippen molar-refractivity contribution >= 4 is 0 Å². The fourth-order valence-electron chi connectivity index (χ4n) is 2.08. The molecule has 1 aliphatic heterocycles. The van der Waals surface area contributed by atoms with Gasteiger partial charge in [0, 0.05) is 16.5 Å². The zero-order valence-corrected chi connectivity index (χ0v) is 10.4. The topological polar surface area (TPSA) is 67.2 Å². The fourth-order valence-corrected chi connectivity index (χ4v) is 2.08. The van der Waals surface area contributed by atoms with E-state index < -0.39 is 12.1 Å². The van der Waals surface area contributed by atoms with E-state index in [1.807, 2.05) is 30.3 Å². The number of halogens is 1. The molecule has 0 aliphatic carbocycles. The number of ether oxygens (including phenoxy) is 2. The number of azide groups is 1. The van der Waals surface area contributed by atoms with Crippen molar-refractivity contribution in [3.8, 4) is 22.6 Å². The van der Waals surface area contributed by atoms with Gasteiger partial charge in [0.25, 0.3) is 0 Å². The third kappa shape index (κ3) is 2.24. The smallest absolute Gasteiger partial charge is 0.247 e. The predicted octanol–water partition coefficient (Wildman–Crippen LogP) is 3.90. The third-order valence-corrected chi connectivity index (χ3v) is 2.91. The molecular weight excluding hydrogens is 261 g/mol. The summed E-state index contributed by atoms with van der Waals surface area (Å²) < 4.78 is 24.7. The molecule has 2 aromatic carbocycles. The Balaban J connectivity index is 2.01. The molecule has 1 atom stereocenters. The van der Waals surface area contributed by atoms with Gasteiger partial charge < -0.3 is 9.47 Å². The molecule has 1 unspecified atom stereocenters. The summed E-state index contributed by atoms with van der Waals surface area (Å²) in [7, 11) is 0. The average Bonchev–Trinajstić information content (AvgIpc) is 2.87. The molecule has 0 spiro atoms. The Labute approximate surface area is 114 Å². The highest BCUT2D eigenvalue weighted by molar-refractivity contribution is 5.74. The molecule has 0 amide bonds. The molecule has 3 rings (SSSR count). The van der Waals surface area contributed by atoms with Crippen molar-refractivity contribution in [2.45, 2.75) is 6.29 Å². The van der Waals surface area contributed by atoms with E-state index in [4.69, 9.17) is 15.0 Å². The first-order valence-corrected chi connectivity index (χ1v) is 6.01. The summed E-state index contributed by atoms with van der Waals surface area (Å²) >= 11 is 0. The summed E-state index contributed by atoms with van der Waals surface area (Å²) in [6.45, 7) is 0.0288. The molecule has 2 aromatic rings. The Kier molecular flexibility index (Phi) is 3.15. The van der Waals surface area contributed by atoms with Crippen molar-refractivity contribution in [3.63, 3.8) is 0 Å². The van der Waals surface area contributed by atoms with Crippen molar-refractivity contribution in [1.82, 2.24) is 0 Å². The number of fused-ring (bicyclic) bond motifs is 1. The highest BCUT2D eigenvalue weighted by Gasteiger charge is 2.27. The summed E-state index contributed by atoms with van der Waals surface area (Å²) in [5, 5.41) is 3.40. The SMILES string of the molecule is [N-]=[N+]=NCC1Oc2cc(F)cc(-c3ccccc3)c2O1. The molecule has 1 heterocycles. The van der Waals surface area contributed by atoms with Gasteiger partial charge in [0.2, 0.25) is 6.29 Å². The Morgan fingerprint density at radius 3 is 2.75 bits per heavy atom. The van der Waals surface area contributed by atoms with Crippen LogP contribution in [0.3, 0.4) is 0 Å². The molecular formula is C14H10FN3O2. The fraction of sp³-hybridized carbons (Fsp3) is 0.143. The number of hydrogen-bond acceptors (Lipinski definition) is 3. The molecule has 1 aliphatic rings. The molecule has 0 fully saturated rings. The maximum atomic E-state index is 13.7. The van der Waals surface area contributed by atoms with E-state index in [2.05, 4.69) is 10.0 Å².